The van der Waals surface area contributed by atoms with E-state index in [0.29, 0.717) is 6.42 Å². The van der Waals surface area contributed by atoms with Crippen molar-refractivity contribution in [2.75, 3.05) is 0 Å². The highest BCUT2D eigenvalue weighted by molar-refractivity contribution is 4.91. The Morgan fingerprint density at radius 2 is 1.28 bits per heavy atom. The van der Waals surface area contributed by atoms with E-state index in [0.717, 1.165) is 13.7 Å². The molecule has 0 atom stereocenters. The first-order chi connectivity index (χ1) is 8.58. The summed E-state index contributed by atoms with van der Waals surface area (Å²) in [6.45, 7) is 1.65. The third-order valence-electron chi connectivity index (χ3n) is 2.33. The second-order valence-electron chi connectivity index (χ2n) is 3.58. The fourth-order valence-corrected chi connectivity index (χ4v) is 1.55. The second-order valence-corrected chi connectivity index (χ2v) is 3.58. The summed E-state index contributed by atoms with van der Waals surface area (Å²) in [5.74, 6) is 4.41. The lowest BCUT2D eigenvalue weighted by atomic mass is 10.5. The zero-order valence-corrected chi connectivity index (χ0v) is 10.0. The van der Waals surface area contributed by atoms with Crippen LogP contribution < -0.4 is 17.1 Å². The Bertz CT molecular complexity index is 637. The summed E-state index contributed by atoms with van der Waals surface area (Å²) in [6, 6.07) is 0. The minimum absolute atomic E-state index is 0.188. The van der Waals surface area contributed by atoms with Crippen molar-refractivity contribution in [3.05, 3.63) is 31.5 Å². The molecule has 0 amide bonds. The molecular formula is C12H13N3O3. The van der Waals surface area contributed by atoms with Gasteiger partial charge in [0.1, 0.15) is 0 Å². The van der Waals surface area contributed by atoms with Crippen LogP contribution in [0, 0.1) is 24.7 Å². The number of hydrogen-bond acceptors (Lipinski definition) is 3. The summed E-state index contributed by atoms with van der Waals surface area (Å²) >= 11 is 0. The highest BCUT2D eigenvalue weighted by atomic mass is 16.2. The zero-order valence-electron chi connectivity index (χ0n) is 10.0. The van der Waals surface area contributed by atoms with Crippen molar-refractivity contribution < 1.29 is 0 Å². The first-order valence-corrected chi connectivity index (χ1v) is 5.39. The van der Waals surface area contributed by atoms with E-state index in [2.05, 4.69) is 11.8 Å². The van der Waals surface area contributed by atoms with Gasteiger partial charge in [0.2, 0.25) is 0 Å². The molecule has 0 radical (unpaired) electrons. The molecule has 6 nitrogen and oxygen atoms in total. The monoisotopic (exact) mass is 247 g/mol. The number of hydrogen-bond donors (Lipinski definition) is 0. The number of rotatable bonds is 4. The summed E-state index contributed by atoms with van der Waals surface area (Å²) in [5, 5.41) is 0. The van der Waals surface area contributed by atoms with Crippen molar-refractivity contribution in [3.63, 3.8) is 0 Å². The van der Waals surface area contributed by atoms with Gasteiger partial charge in [-0.05, 0) is 6.42 Å². The number of terminal acetylenes is 2. The van der Waals surface area contributed by atoms with Crippen LogP contribution in [0.4, 0.5) is 0 Å². The van der Waals surface area contributed by atoms with Gasteiger partial charge in [-0.25, -0.2) is 28.1 Å². The maximum Gasteiger partial charge on any atom is 0.338 e. The zero-order chi connectivity index (χ0) is 13.7. The standard InChI is InChI=1S/C12H13N3O3/c1-4-7-13-10(16)14(8-5-2)12(18)15(9-6-3)11(13)17/h1-2H,6-9H2,3H3. The minimum Gasteiger partial charge on any atom is -0.247 e. The van der Waals surface area contributed by atoms with Gasteiger partial charge in [-0.3, -0.25) is 0 Å². The van der Waals surface area contributed by atoms with E-state index in [-0.39, 0.29) is 19.6 Å². The van der Waals surface area contributed by atoms with Gasteiger partial charge in [0, 0.05) is 6.54 Å². The minimum atomic E-state index is -0.770. The summed E-state index contributed by atoms with van der Waals surface area (Å²) in [6.07, 6.45) is 10.8. The highest BCUT2D eigenvalue weighted by Crippen LogP contribution is 1.80. The molecule has 0 aliphatic heterocycles. The second kappa shape index (κ2) is 5.74. The molecule has 0 saturated carbocycles. The van der Waals surface area contributed by atoms with Gasteiger partial charge in [0.25, 0.3) is 0 Å². The van der Waals surface area contributed by atoms with E-state index < -0.39 is 17.1 Å². The molecule has 0 fully saturated rings. The van der Waals surface area contributed by atoms with Gasteiger partial charge in [-0.15, -0.1) is 12.8 Å². The van der Waals surface area contributed by atoms with Crippen molar-refractivity contribution >= 4 is 0 Å². The summed E-state index contributed by atoms with van der Waals surface area (Å²) < 4.78 is 2.62. The molecule has 0 bridgehead atoms. The molecule has 1 aromatic heterocycles. The van der Waals surface area contributed by atoms with Crippen LogP contribution in [0.15, 0.2) is 14.4 Å². The quantitative estimate of drug-likeness (QED) is 0.631. The SMILES string of the molecule is C#CCn1c(=O)n(CC#C)c(=O)n(CCC)c1=O. The van der Waals surface area contributed by atoms with Gasteiger partial charge in [0.15, 0.2) is 0 Å². The van der Waals surface area contributed by atoms with Gasteiger partial charge in [0.05, 0.1) is 13.1 Å². The molecule has 0 saturated heterocycles. The molecule has 1 heterocycles. The molecule has 18 heavy (non-hydrogen) atoms. The normalized spacial score (nSPS) is 9.72. The van der Waals surface area contributed by atoms with Crippen LogP contribution in [-0.4, -0.2) is 13.7 Å². The van der Waals surface area contributed by atoms with Crippen molar-refractivity contribution in [1.29, 1.82) is 0 Å². The summed E-state index contributed by atoms with van der Waals surface area (Å²) in [5.41, 5.74) is -2.16. The molecule has 1 aromatic rings. The largest absolute Gasteiger partial charge is 0.338 e. The average molecular weight is 247 g/mol. The Kier molecular flexibility index (Phi) is 4.33. The molecule has 0 unspecified atom stereocenters. The Labute approximate surface area is 103 Å². The van der Waals surface area contributed by atoms with Crippen LogP contribution in [0.5, 0.6) is 0 Å². The van der Waals surface area contributed by atoms with Crippen LogP contribution >= 0.6 is 0 Å². The van der Waals surface area contributed by atoms with E-state index >= 15 is 0 Å². The lowest BCUT2D eigenvalue weighted by molar-refractivity contribution is 0.480. The van der Waals surface area contributed by atoms with Gasteiger partial charge < -0.3 is 0 Å². The van der Waals surface area contributed by atoms with Crippen molar-refractivity contribution in [1.82, 2.24) is 13.7 Å². The van der Waals surface area contributed by atoms with E-state index in [1.807, 2.05) is 6.92 Å². The maximum absolute atomic E-state index is 11.9. The van der Waals surface area contributed by atoms with Crippen molar-refractivity contribution in [2.45, 2.75) is 33.0 Å². The van der Waals surface area contributed by atoms with Crippen molar-refractivity contribution in [3.8, 4) is 24.7 Å². The fourth-order valence-electron chi connectivity index (χ4n) is 1.55. The first-order valence-electron chi connectivity index (χ1n) is 5.39. The topological polar surface area (TPSA) is 66.0 Å². The molecule has 1 rings (SSSR count). The van der Waals surface area contributed by atoms with Gasteiger partial charge in [-0.2, -0.15) is 0 Å². The van der Waals surface area contributed by atoms with E-state index in [9.17, 15) is 14.4 Å². The molecule has 6 heteroatoms. The molecule has 0 aromatic carbocycles. The predicted octanol–water partition coefficient (Wildman–Crippen LogP) is -1.15. The summed E-state index contributed by atoms with van der Waals surface area (Å²) in [4.78, 5) is 35.7. The molecule has 0 spiro atoms. The fraction of sp³-hybridized carbons (Fsp3) is 0.417. The lowest BCUT2D eigenvalue weighted by Crippen LogP contribution is -2.54. The third kappa shape index (κ3) is 2.28. The highest BCUT2D eigenvalue weighted by Gasteiger charge is 2.13. The van der Waals surface area contributed by atoms with Crippen LogP contribution in [0.3, 0.4) is 0 Å². The van der Waals surface area contributed by atoms with Crippen LogP contribution in [0.1, 0.15) is 13.3 Å². The average Bonchev–Trinajstić information content (AvgIpc) is 2.35. The smallest absolute Gasteiger partial charge is 0.247 e. The maximum atomic E-state index is 11.9. The Hall–Kier alpha value is -2.47. The Morgan fingerprint density at radius 1 is 0.889 bits per heavy atom. The van der Waals surface area contributed by atoms with Gasteiger partial charge >= 0.3 is 17.1 Å². The Morgan fingerprint density at radius 3 is 1.61 bits per heavy atom. The molecular weight excluding hydrogens is 234 g/mol. The Balaban J connectivity index is 3.73. The number of aromatic nitrogens is 3. The molecule has 0 N–H and O–H groups in total. The van der Waals surface area contributed by atoms with Crippen LogP contribution in [0.25, 0.3) is 0 Å². The lowest BCUT2D eigenvalue weighted by Gasteiger charge is -2.10. The predicted molar refractivity (Wildman–Crippen MR) is 67.2 cm³/mol. The first kappa shape index (κ1) is 13.6. The van der Waals surface area contributed by atoms with E-state index in [1.54, 1.807) is 0 Å². The van der Waals surface area contributed by atoms with Gasteiger partial charge in [-0.1, -0.05) is 18.8 Å². The number of nitrogens with zero attached hydrogens (tertiary/aromatic N) is 3. The third-order valence-corrected chi connectivity index (χ3v) is 2.33. The summed E-state index contributed by atoms with van der Waals surface area (Å²) in [7, 11) is 0. The molecule has 0 aliphatic carbocycles. The van der Waals surface area contributed by atoms with E-state index in [4.69, 9.17) is 12.8 Å². The van der Waals surface area contributed by atoms with Crippen LogP contribution in [0.2, 0.25) is 0 Å². The molecule has 94 valence electrons. The van der Waals surface area contributed by atoms with Crippen molar-refractivity contribution in [2.24, 2.45) is 0 Å². The van der Waals surface area contributed by atoms with E-state index in [1.165, 1.54) is 0 Å². The van der Waals surface area contributed by atoms with Crippen LogP contribution in [-0.2, 0) is 19.6 Å². The molecule has 0 aliphatic rings.